The van der Waals surface area contributed by atoms with Gasteiger partial charge in [0, 0.05) is 17.8 Å². The van der Waals surface area contributed by atoms with E-state index in [-0.39, 0.29) is 0 Å². The van der Waals surface area contributed by atoms with Crippen LogP contribution in [0.25, 0.3) is 28.0 Å². The number of aromatic nitrogens is 3. The Hall–Kier alpha value is -2.56. The second-order valence-electron chi connectivity index (χ2n) is 6.07. The summed E-state index contributed by atoms with van der Waals surface area (Å²) in [6, 6.07) is 6.40. The van der Waals surface area contributed by atoms with Gasteiger partial charge in [-0.3, -0.25) is 0 Å². The van der Waals surface area contributed by atoms with Crippen molar-refractivity contribution in [3.63, 3.8) is 0 Å². The molecular formula is C18H23N5. The van der Waals surface area contributed by atoms with Crippen molar-refractivity contribution in [2.45, 2.75) is 39.7 Å². The third-order valence-electron chi connectivity index (χ3n) is 3.80. The molecule has 3 rings (SSSR count). The van der Waals surface area contributed by atoms with Crippen molar-refractivity contribution in [3.8, 4) is 0 Å². The topological polar surface area (TPSA) is 68.8 Å². The average molecular weight is 309 g/mol. The summed E-state index contributed by atoms with van der Waals surface area (Å²) in [5.41, 5.74) is 13.3. The molecule has 0 unspecified atom stereocenters. The molecule has 120 valence electrons. The minimum absolute atomic E-state index is 0.292. The van der Waals surface area contributed by atoms with Gasteiger partial charge in [0.15, 0.2) is 5.82 Å². The van der Waals surface area contributed by atoms with Gasteiger partial charge in [0.25, 0.3) is 0 Å². The molecule has 0 fully saturated rings. The number of aryl methyl sites for hydroxylation is 1. The highest BCUT2D eigenvalue weighted by Gasteiger charge is 2.17. The molecule has 2 aromatic heterocycles. The van der Waals surface area contributed by atoms with Crippen molar-refractivity contribution >= 4 is 33.8 Å². The van der Waals surface area contributed by atoms with Crippen LogP contribution in [0, 0.1) is 0 Å². The molecule has 0 saturated carbocycles. The number of imidazole rings is 1. The first-order valence-corrected chi connectivity index (χ1v) is 8.04. The second kappa shape index (κ2) is 5.91. The van der Waals surface area contributed by atoms with Crippen LogP contribution in [0.2, 0.25) is 0 Å². The van der Waals surface area contributed by atoms with Gasteiger partial charge in [-0.2, -0.15) is 0 Å². The molecule has 0 atom stereocenters. The van der Waals surface area contributed by atoms with Crippen molar-refractivity contribution in [2.75, 3.05) is 11.2 Å². The van der Waals surface area contributed by atoms with Crippen molar-refractivity contribution in [1.82, 2.24) is 14.6 Å². The van der Waals surface area contributed by atoms with Crippen molar-refractivity contribution < 1.29 is 0 Å². The van der Waals surface area contributed by atoms with E-state index in [1.807, 2.05) is 18.2 Å². The highest BCUT2D eigenvalue weighted by atomic mass is 15.4. The minimum atomic E-state index is 0.292. The molecule has 0 bridgehead atoms. The Morgan fingerprint density at radius 3 is 2.78 bits per heavy atom. The van der Waals surface area contributed by atoms with Gasteiger partial charge < -0.3 is 11.2 Å². The van der Waals surface area contributed by atoms with Crippen LogP contribution in [0.4, 0.5) is 5.82 Å². The molecule has 0 amide bonds. The maximum Gasteiger partial charge on any atom is 0.152 e. The van der Waals surface area contributed by atoms with Gasteiger partial charge in [-0.15, -0.1) is 0 Å². The Balaban J connectivity index is 2.39. The number of hydrogen-bond donors (Lipinski definition) is 2. The van der Waals surface area contributed by atoms with Crippen LogP contribution in [0.3, 0.4) is 0 Å². The number of nitrogens with one attached hydrogen (secondary N) is 1. The maximum atomic E-state index is 6.18. The zero-order valence-electron chi connectivity index (χ0n) is 13.9. The number of pyridine rings is 1. The van der Waals surface area contributed by atoms with Gasteiger partial charge in [-0.05, 0) is 38.0 Å². The zero-order valence-corrected chi connectivity index (χ0v) is 13.9. The Kier molecular flexibility index (Phi) is 3.94. The van der Waals surface area contributed by atoms with Crippen LogP contribution >= 0.6 is 0 Å². The second-order valence-corrected chi connectivity index (χ2v) is 6.07. The number of rotatable bonds is 5. The largest absolute Gasteiger partial charge is 0.382 e. The van der Waals surface area contributed by atoms with Gasteiger partial charge in [0.05, 0.1) is 5.52 Å². The molecule has 0 aliphatic heterocycles. The average Bonchev–Trinajstić information content (AvgIpc) is 2.86. The molecule has 3 N–H and O–H groups in total. The summed E-state index contributed by atoms with van der Waals surface area (Å²) >= 11 is 0. The normalized spacial score (nSPS) is 11.5. The highest BCUT2D eigenvalue weighted by molar-refractivity contribution is 6.07. The Morgan fingerprint density at radius 2 is 2.13 bits per heavy atom. The van der Waals surface area contributed by atoms with E-state index in [4.69, 9.17) is 10.7 Å². The number of hydrogen-bond acceptors (Lipinski definition) is 4. The maximum absolute atomic E-state index is 6.18. The summed E-state index contributed by atoms with van der Waals surface area (Å²) in [5, 5.41) is 1.04. The minimum Gasteiger partial charge on any atom is -0.382 e. The van der Waals surface area contributed by atoms with Crippen LogP contribution in [-0.4, -0.2) is 20.7 Å². The van der Waals surface area contributed by atoms with E-state index < -0.39 is 0 Å². The first-order chi connectivity index (χ1) is 11.0. The number of anilines is 1. The lowest BCUT2D eigenvalue weighted by Crippen LogP contribution is -2.24. The fourth-order valence-corrected chi connectivity index (χ4v) is 2.83. The standard InChI is InChI=1S/C18H23N5/c1-5-7-15-21-16-17(23(15)22-11(3)4)13-9-8-12(6-2)10-14(13)20-18(16)19/h6,8-11,22H,2,5,7H2,1,3-4H3,(H2,19,20). The van der Waals surface area contributed by atoms with E-state index in [1.165, 1.54) is 0 Å². The fraction of sp³-hybridized carbons (Fsp3) is 0.333. The Labute approximate surface area is 136 Å². The molecule has 2 heterocycles. The summed E-state index contributed by atoms with van der Waals surface area (Å²) in [6.45, 7) is 10.2. The lowest BCUT2D eigenvalue weighted by Gasteiger charge is -2.16. The van der Waals surface area contributed by atoms with Crippen LogP contribution < -0.4 is 11.2 Å². The summed E-state index contributed by atoms with van der Waals surface area (Å²) in [4.78, 5) is 9.27. The predicted molar refractivity (Wildman–Crippen MR) is 98.0 cm³/mol. The van der Waals surface area contributed by atoms with Gasteiger partial charge in [-0.1, -0.05) is 25.6 Å². The van der Waals surface area contributed by atoms with Gasteiger partial charge in [-0.25, -0.2) is 14.6 Å². The monoisotopic (exact) mass is 309 g/mol. The third kappa shape index (κ3) is 2.63. The molecule has 5 nitrogen and oxygen atoms in total. The van der Waals surface area contributed by atoms with E-state index in [0.29, 0.717) is 11.9 Å². The van der Waals surface area contributed by atoms with Crippen LogP contribution in [0.1, 0.15) is 38.6 Å². The van der Waals surface area contributed by atoms with E-state index in [9.17, 15) is 0 Å². The van der Waals surface area contributed by atoms with Gasteiger partial charge in [0.2, 0.25) is 0 Å². The Morgan fingerprint density at radius 1 is 1.35 bits per heavy atom. The number of nitrogens with two attached hydrogens (primary N) is 1. The van der Waals surface area contributed by atoms with Crippen LogP contribution in [0.5, 0.6) is 0 Å². The number of nitrogens with zero attached hydrogens (tertiary/aromatic N) is 3. The number of fused-ring (bicyclic) bond motifs is 3. The van der Waals surface area contributed by atoms with Crippen molar-refractivity contribution in [3.05, 3.63) is 36.2 Å². The number of nitrogen functional groups attached to an aromatic ring is 1. The quantitative estimate of drug-likeness (QED) is 0.754. The number of benzene rings is 1. The highest BCUT2D eigenvalue weighted by Crippen LogP contribution is 2.29. The SMILES string of the molecule is C=Cc1ccc2c(c1)nc(N)c1nc(CCC)n(NC(C)C)c12. The Bertz CT molecular complexity index is 876. The van der Waals surface area contributed by atoms with Crippen molar-refractivity contribution in [2.24, 2.45) is 0 Å². The lowest BCUT2D eigenvalue weighted by molar-refractivity contribution is 0.699. The van der Waals surface area contributed by atoms with E-state index >= 15 is 0 Å². The van der Waals surface area contributed by atoms with Gasteiger partial charge in [0.1, 0.15) is 16.9 Å². The van der Waals surface area contributed by atoms with Gasteiger partial charge >= 0.3 is 0 Å². The summed E-state index contributed by atoms with van der Waals surface area (Å²) in [6.07, 6.45) is 3.72. The van der Waals surface area contributed by atoms with Crippen LogP contribution in [-0.2, 0) is 6.42 Å². The fourth-order valence-electron chi connectivity index (χ4n) is 2.83. The molecule has 0 radical (unpaired) electrons. The van der Waals surface area contributed by atoms with Crippen molar-refractivity contribution in [1.29, 1.82) is 0 Å². The molecule has 1 aromatic carbocycles. The first-order valence-electron chi connectivity index (χ1n) is 8.04. The molecule has 5 heteroatoms. The molecule has 0 aliphatic rings. The summed E-state index contributed by atoms with van der Waals surface area (Å²) in [5.74, 6) is 1.46. The smallest absolute Gasteiger partial charge is 0.152 e. The summed E-state index contributed by atoms with van der Waals surface area (Å²) in [7, 11) is 0. The summed E-state index contributed by atoms with van der Waals surface area (Å²) < 4.78 is 2.08. The first kappa shape index (κ1) is 15.3. The molecule has 0 aliphatic carbocycles. The van der Waals surface area contributed by atoms with E-state index in [2.05, 4.69) is 48.5 Å². The molecule has 23 heavy (non-hydrogen) atoms. The lowest BCUT2D eigenvalue weighted by atomic mass is 10.1. The van der Waals surface area contributed by atoms with E-state index in [0.717, 1.165) is 46.2 Å². The molecule has 0 spiro atoms. The van der Waals surface area contributed by atoms with E-state index in [1.54, 1.807) is 0 Å². The molecule has 0 saturated heterocycles. The predicted octanol–water partition coefficient (Wildman–Crippen LogP) is 3.71. The molecule has 3 aromatic rings. The zero-order chi connectivity index (χ0) is 16.6. The van der Waals surface area contributed by atoms with Crippen LogP contribution in [0.15, 0.2) is 24.8 Å². The third-order valence-corrected chi connectivity index (χ3v) is 3.80. The molecular weight excluding hydrogens is 286 g/mol.